The highest BCUT2D eigenvalue weighted by Gasteiger charge is 2.33. The molecule has 124 valence electrons. The smallest absolute Gasteiger partial charge is 0.0232 e. The molecule has 0 N–H and O–H groups in total. The van der Waals surface area contributed by atoms with Crippen molar-refractivity contribution in [1.82, 2.24) is 14.7 Å². The summed E-state index contributed by atoms with van der Waals surface area (Å²) in [4.78, 5) is 7.94. The van der Waals surface area contributed by atoms with E-state index < -0.39 is 0 Å². The molecule has 21 heavy (non-hydrogen) atoms. The molecule has 2 heterocycles. The number of nitrogens with zero attached hydrogens (tertiary/aromatic N) is 3. The molecule has 0 bridgehead atoms. The topological polar surface area (TPSA) is 9.72 Å². The normalized spacial score (nSPS) is 26.1. The largest absolute Gasteiger partial charge is 0.302 e. The zero-order valence-corrected chi connectivity index (χ0v) is 15.3. The Morgan fingerprint density at radius 1 is 0.952 bits per heavy atom. The van der Waals surface area contributed by atoms with E-state index in [1.807, 2.05) is 0 Å². The second-order valence-electron chi connectivity index (χ2n) is 8.80. The maximum atomic E-state index is 2.69. The highest BCUT2D eigenvalue weighted by Crippen LogP contribution is 2.26. The second kappa shape index (κ2) is 6.55. The first-order valence-corrected chi connectivity index (χ1v) is 8.90. The maximum Gasteiger partial charge on any atom is 0.0232 e. The SMILES string of the molecule is CN(CCC(C)(C)N1CCCC1)C1CCN(C(C)(C)C)C1. The van der Waals surface area contributed by atoms with E-state index in [9.17, 15) is 0 Å². The Morgan fingerprint density at radius 2 is 1.57 bits per heavy atom. The van der Waals surface area contributed by atoms with E-state index in [4.69, 9.17) is 0 Å². The molecule has 0 aromatic heterocycles. The minimum atomic E-state index is 0.324. The molecule has 0 saturated carbocycles. The molecule has 0 aromatic rings. The number of likely N-dealkylation sites (N-methyl/N-ethyl adjacent to an activating group) is 1. The van der Waals surface area contributed by atoms with Gasteiger partial charge in [0.2, 0.25) is 0 Å². The predicted octanol–water partition coefficient (Wildman–Crippen LogP) is 3.06. The zero-order chi connectivity index (χ0) is 15.7. The highest BCUT2D eigenvalue weighted by atomic mass is 15.3. The monoisotopic (exact) mass is 295 g/mol. The fourth-order valence-corrected chi connectivity index (χ4v) is 3.82. The van der Waals surface area contributed by atoms with Crippen LogP contribution in [0.5, 0.6) is 0 Å². The summed E-state index contributed by atoms with van der Waals surface area (Å²) in [5.41, 5.74) is 0.692. The third kappa shape index (κ3) is 4.43. The van der Waals surface area contributed by atoms with Crippen molar-refractivity contribution in [3.63, 3.8) is 0 Å². The Morgan fingerprint density at radius 3 is 2.10 bits per heavy atom. The van der Waals surface area contributed by atoms with Crippen LogP contribution in [0.25, 0.3) is 0 Å². The lowest BCUT2D eigenvalue weighted by Crippen LogP contribution is -2.46. The van der Waals surface area contributed by atoms with Crippen molar-refractivity contribution in [2.24, 2.45) is 0 Å². The summed E-state index contributed by atoms with van der Waals surface area (Å²) < 4.78 is 0. The van der Waals surface area contributed by atoms with Crippen molar-refractivity contribution in [2.45, 2.75) is 77.4 Å². The van der Waals surface area contributed by atoms with Gasteiger partial charge in [-0.25, -0.2) is 0 Å². The molecule has 3 heteroatoms. The number of likely N-dealkylation sites (tertiary alicyclic amines) is 2. The molecule has 2 saturated heterocycles. The van der Waals surface area contributed by atoms with E-state index >= 15 is 0 Å². The van der Waals surface area contributed by atoms with Gasteiger partial charge in [0.15, 0.2) is 0 Å². The molecule has 0 spiro atoms. The van der Waals surface area contributed by atoms with Crippen LogP contribution in [0.2, 0.25) is 0 Å². The lowest BCUT2D eigenvalue weighted by Gasteiger charge is -2.38. The summed E-state index contributed by atoms with van der Waals surface area (Å²) in [6.45, 7) is 18.2. The van der Waals surface area contributed by atoms with Gasteiger partial charge >= 0.3 is 0 Å². The highest BCUT2D eigenvalue weighted by molar-refractivity contribution is 4.90. The van der Waals surface area contributed by atoms with Crippen molar-refractivity contribution in [2.75, 3.05) is 39.8 Å². The predicted molar refractivity (Wildman–Crippen MR) is 91.9 cm³/mol. The van der Waals surface area contributed by atoms with Crippen molar-refractivity contribution < 1.29 is 0 Å². The van der Waals surface area contributed by atoms with E-state index in [0.717, 1.165) is 6.04 Å². The van der Waals surface area contributed by atoms with Gasteiger partial charge in [0.05, 0.1) is 0 Å². The molecule has 3 nitrogen and oxygen atoms in total. The second-order valence-corrected chi connectivity index (χ2v) is 8.80. The molecule has 2 aliphatic heterocycles. The average molecular weight is 296 g/mol. The summed E-state index contributed by atoms with van der Waals surface area (Å²) in [6.07, 6.45) is 5.40. The van der Waals surface area contributed by atoms with Gasteiger partial charge in [-0.05, 0) is 87.0 Å². The fourth-order valence-electron chi connectivity index (χ4n) is 3.82. The van der Waals surface area contributed by atoms with Crippen LogP contribution in [-0.4, -0.2) is 71.6 Å². The summed E-state index contributed by atoms with van der Waals surface area (Å²) in [5, 5.41) is 0. The van der Waals surface area contributed by atoms with Crippen LogP contribution in [0, 0.1) is 0 Å². The van der Waals surface area contributed by atoms with Gasteiger partial charge < -0.3 is 4.90 Å². The van der Waals surface area contributed by atoms with Crippen LogP contribution in [0.1, 0.15) is 60.3 Å². The van der Waals surface area contributed by atoms with Gasteiger partial charge in [-0.15, -0.1) is 0 Å². The van der Waals surface area contributed by atoms with Crippen molar-refractivity contribution >= 4 is 0 Å². The third-order valence-corrected chi connectivity index (χ3v) is 5.77. The van der Waals surface area contributed by atoms with E-state index in [1.54, 1.807) is 0 Å². The van der Waals surface area contributed by atoms with E-state index in [-0.39, 0.29) is 0 Å². The Labute approximate surface area is 132 Å². The van der Waals surface area contributed by atoms with Crippen molar-refractivity contribution in [1.29, 1.82) is 0 Å². The molecule has 0 amide bonds. The molecule has 0 aromatic carbocycles. The first kappa shape index (κ1) is 17.2. The van der Waals surface area contributed by atoms with Crippen molar-refractivity contribution in [3.8, 4) is 0 Å². The summed E-state index contributed by atoms with van der Waals surface area (Å²) in [6, 6.07) is 0.749. The lowest BCUT2D eigenvalue weighted by atomic mass is 9.98. The Kier molecular flexibility index (Phi) is 5.38. The quantitative estimate of drug-likeness (QED) is 0.772. The van der Waals surface area contributed by atoms with Crippen LogP contribution in [0.4, 0.5) is 0 Å². The molecule has 0 aliphatic carbocycles. The number of rotatable bonds is 5. The first-order chi connectivity index (χ1) is 9.70. The van der Waals surface area contributed by atoms with E-state index in [1.165, 1.54) is 58.4 Å². The van der Waals surface area contributed by atoms with Crippen LogP contribution in [-0.2, 0) is 0 Å². The molecular weight excluding hydrogens is 258 g/mol. The number of hydrogen-bond donors (Lipinski definition) is 0. The summed E-state index contributed by atoms with van der Waals surface area (Å²) >= 11 is 0. The molecule has 2 rings (SSSR count). The van der Waals surface area contributed by atoms with Gasteiger partial charge in [-0.1, -0.05) is 0 Å². The lowest BCUT2D eigenvalue weighted by molar-refractivity contribution is 0.113. The third-order valence-electron chi connectivity index (χ3n) is 5.77. The van der Waals surface area contributed by atoms with Gasteiger partial charge in [-0.3, -0.25) is 9.80 Å². The van der Waals surface area contributed by atoms with Gasteiger partial charge in [0, 0.05) is 30.2 Å². The molecule has 0 radical (unpaired) electrons. The average Bonchev–Trinajstić information content (AvgIpc) is 3.05. The van der Waals surface area contributed by atoms with Gasteiger partial charge in [-0.2, -0.15) is 0 Å². The zero-order valence-electron chi connectivity index (χ0n) is 15.3. The first-order valence-electron chi connectivity index (χ1n) is 8.90. The molecular formula is C18H37N3. The van der Waals surface area contributed by atoms with Crippen molar-refractivity contribution in [3.05, 3.63) is 0 Å². The van der Waals surface area contributed by atoms with Crippen LogP contribution in [0.3, 0.4) is 0 Å². The van der Waals surface area contributed by atoms with Gasteiger partial charge in [0.1, 0.15) is 0 Å². The Balaban J connectivity index is 1.78. The molecule has 2 aliphatic rings. The van der Waals surface area contributed by atoms with Crippen LogP contribution in [0.15, 0.2) is 0 Å². The Hall–Kier alpha value is -0.120. The molecule has 2 fully saturated rings. The number of hydrogen-bond acceptors (Lipinski definition) is 3. The van der Waals surface area contributed by atoms with Gasteiger partial charge in [0.25, 0.3) is 0 Å². The summed E-state index contributed by atoms with van der Waals surface area (Å²) in [5.74, 6) is 0. The maximum absolute atomic E-state index is 2.69. The van der Waals surface area contributed by atoms with Crippen LogP contribution >= 0.6 is 0 Å². The molecule has 1 atom stereocenters. The molecule has 1 unspecified atom stereocenters. The fraction of sp³-hybridized carbons (Fsp3) is 1.00. The van der Waals surface area contributed by atoms with E-state index in [2.05, 4.69) is 56.4 Å². The van der Waals surface area contributed by atoms with Crippen LogP contribution < -0.4 is 0 Å². The minimum Gasteiger partial charge on any atom is -0.302 e. The summed E-state index contributed by atoms with van der Waals surface area (Å²) in [7, 11) is 2.33. The Bertz CT molecular complexity index is 326. The minimum absolute atomic E-state index is 0.324. The standard InChI is InChI=1S/C18H37N3/c1-17(2,3)21-13-9-16(15-21)19(6)14-10-18(4,5)20-11-7-8-12-20/h16H,7-15H2,1-6H3. The van der Waals surface area contributed by atoms with E-state index in [0.29, 0.717) is 11.1 Å².